The van der Waals surface area contributed by atoms with Crippen LogP contribution >= 0.6 is 0 Å². The van der Waals surface area contributed by atoms with Gasteiger partial charge in [0, 0.05) is 18.9 Å². The van der Waals surface area contributed by atoms with Crippen LogP contribution in [0.3, 0.4) is 0 Å². The number of aromatic nitrogens is 2. The van der Waals surface area contributed by atoms with E-state index in [0.717, 1.165) is 22.6 Å². The molecule has 1 unspecified atom stereocenters. The molecule has 0 aliphatic carbocycles. The van der Waals surface area contributed by atoms with Gasteiger partial charge in [0.05, 0.1) is 12.0 Å². The number of rotatable bonds is 7. The normalized spacial score (nSPS) is 11.8. The Morgan fingerprint density at radius 2 is 2.00 bits per heavy atom. The van der Waals surface area contributed by atoms with Crippen LogP contribution in [0.5, 0.6) is 5.75 Å². The summed E-state index contributed by atoms with van der Waals surface area (Å²) in [5.41, 5.74) is 4.37. The number of ether oxygens (including phenoxy) is 1. The van der Waals surface area contributed by atoms with E-state index in [1.807, 2.05) is 67.1 Å². The fourth-order valence-corrected chi connectivity index (χ4v) is 2.88. The molecule has 3 aromatic rings. The lowest BCUT2D eigenvalue weighted by molar-refractivity contribution is -0.128. The average molecular weight is 363 g/mol. The van der Waals surface area contributed by atoms with Crippen molar-refractivity contribution in [3.8, 4) is 11.4 Å². The number of aryl methyl sites for hydroxylation is 2. The van der Waals surface area contributed by atoms with Gasteiger partial charge in [-0.15, -0.1) is 0 Å². The lowest BCUT2D eigenvalue weighted by Crippen LogP contribution is -2.37. The number of hydrogen-bond acceptors (Lipinski definition) is 3. The van der Waals surface area contributed by atoms with Crippen LogP contribution in [-0.4, -0.2) is 21.6 Å². The Morgan fingerprint density at radius 1 is 1.19 bits per heavy atom. The summed E-state index contributed by atoms with van der Waals surface area (Å²) in [4.78, 5) is 16.7. The molecule has 0 radical (unpaired) electrons. The van der Waals surface area contributed by atoms with Gasteiger partial charge in [-0.25, -0.2) is 4.98 Å². The van der Waals surface area contributed by atoms with Crippen molar-refractivity contribution in [2.45, 2.75) is 39.8 Å². The zero-order valence-electron chi connectivity index (χ0n) is 16.0. The summed E-state index contributed by atoms with van der Waals surface area (Å²) in [7, 11) is 0. The second-order valence-corrected chi connectivity index (χ2v) is 6.58. The number of amides is 1. The molecular weight excluding hydrogens is 338 g/mol. The summed E-state index contributed by atoms with van der Waals surface area (Å²) < 4.78 is 7.86. The number of nitrogens with one attached hydrogen (secondary N) is 1. The zero-order valence-corrected chi connectivity index (χ0v) is 16.0. The lowest BCUT2D eigenvalue weighted by atomic mass is 10.1. The van der Waals surface area contributed by atoms with Crippen LogP contribution in [0.1, 0.15) is 30.0 Å². The van der Waals surface area contributed by atoms with Gasteiger partial charge in [-0.05, 0) is 55.2 Å². The van der Waals surface area contributed by atoms with E-state index in [9.17, 15) is 4.79 Å². The van der Waals surface area contributed by atoms with Crippen molar-refractivity contribution in [3.63, 3.8) is 0 Å². The van der Waals surface area contributed by atoms with E-state index in [1.165, 1.54) is 5.56 Å². The molecule has 0 spiro atoms. The molecule has 0 aliphatic rings. The fraction of sp³-hybridized carbons (Fsp3) is 0.273. The van der Waals surface area contributed by atoms with Crippen LogP contribution in [-0.2, 0) is 11.3 Å². The molecule has 27 heavy (non-hydrogen) atoms. The highest BCUT2D eigenvalue weighted by atomic mass is 16.5. The summed E-state index contributed by atoms with van der Waals surface area (Å²) in [6.45, 7) is 6.47. The maximum Gasteiger partial charge on any atom is 0.261 e. The molecule has 140 valence electrons. The maximum atomic E-state index is 12.6. The van der Waals surface area contributed by atoms with E-state index in [1.54, 1.807) is 12.5 Å². The van der Waals surface area contributed by atoms with Gasteiger partial charge in [-0.1, -0.05) is 31.2 Å². The highest BCUT2D eigenvalue weighted by molar-refractivity contribution is 5.81. The second-order valence-electron chi connectivity index (χ2n) is 6.58. The Morgan fingerprint density at radius 3 is 2.70 bits per heavy atom. The van der Waals surface area contributed by atoms with Gasteiger partial charge in [-0.3, -0.25) is 4.79 Å². The molecule has 0 aliphatic heterocycles. The lowest BCUT2D eigenvalue weighted by Gasteiger charge is -2.19. The summed E-state index contributed by atoms with van der Waals surface area (Å²) >= 11 is 0. The average Bonchev–Trinajstić information content (AvgIpc) is 3.21. The number of para-hydroxylation sites is 1. The van der Waals surface area contributed by atoms with Crippen LogP contribution in [0.4, 0.5) is 0 Å². The van der Waals surface area contributed by atoms with Crippen molar-refractivity contribution >= 4 is 5.91 Å². The standard InChI is InChI=1S/C22H25N3O2/c1-4-21(27-19-10-9-16(2)17(3)13-19)22(26)24-14-18-7-5-6-8-20(18)25-12-11-23-15-25/h5-13,15,21H,4,14H2,1-3H3,(H,24,26). The largest absolute Gasteiger partial charge is 0.481 e. The third-order valence-electron chi connectivity index (χ3n) is 4.65. The summed E-state index contributed by atoms with van der Waals surface area (Å²) in [5, 5.41) is 3.00. The molecule has 2 aromatic carbocycles. The SMILES string of the molecule is CCC(Oc1ccc(C)c(C)c1)C(=O)NCc1ccccc1-n1ccnc1. The monoisotopic (exact) mass is 363 g/mol. The second kappa shape index (κ2) is 8.54. The number of nitrogens with zero attached hydrogens (tertiary/aromatic N) is 2. The van der Waals surface area contributed by atoms with Crippen LogP contribution < -0.4 is 10.1 Å². The number of carbonyl (C=O) groups excluding carboxylic acids is 1. The van der Waals surface area contributed by atoms with Crippen molar-refractivity contribution in [2.24, 2.45) is 0 Å². The number of carbonyl (C=O) groups is 1. The minimum absolute atomic E-state index is 0.115. The number of benzene rings is 2. The summed E-state index contributed by atoms with van der Waals surface area (Å²) in [6.07, 6.45) is 5.45. The van der Waals surface area contributed by atoms with Gasteiger partial charge in [0.25, 0.3) is 5.91 Å². The van der Waals surface area contributed by atoms with Gasteiger partial charge in [-0.2, -0.15) is 0 Å². The van der Waals surface area contributed by atoms with Crippen molar-refractivity contribution in [3.05, 3.63) is 77.9 Å². The van der Waals surface area contributed by atoms with Crippen LogP contribution in [0.25, 0.3) is 5.69 Å². The first-order valence-corrected chi connectivity index (χ1v) is 9.16. The summed E-state index contributed by atoms with van der Waals surface area (Å²) in [5.74, 6) is 0.607. The molecular formula is C22H25N3O2. The smallest absolute Gasteiger partial charge is 0.261 e. The third kappa shape index (κ3) is 4.56. The Bertz CT molecular complexity index is 904. The van der Waals surface area contributed by atoms with Gasteiger partial charge in [0.2, 0.25) is 0 Å². The minimum atomic E-state index is -0.521. The van der Waals surface area contributed by atoms with Gasteiger partial charge in [0.1, 0.15) is 5.75 Å². The van der Waals surface area contributed by atoms with Gasteiger partial charge >= 0.3 is 0 Å². The van der Waals surface area contributed by atoms with E-state index in [4.69, 9.17) is 4.74 Å². The Hall–Kier alpha value is -3.08. The first kappa shape index (κ1) is 18.7. The molecule has 1 atom stereocenters. The van der Waals surface area contributed by atoms with Crippen LogP contribution in [0, 0.1) is 13.8 Å². The molecule has 1 amide bonds. The summed E-state index contributed by atoms with van der Waals surface area (Å²) in [6, 6.07) is 13.8. The number of hydrogen-bond donors (Lipinski definition) is 1. The molecule has 5 heteroatoms. The first-order valence-electron chi connectivity index (χ1n) is 9.16. The Balaban J connectivity index is 1.67. The molecule has 5 nitrogen and oxygen atoms in total. The molecule has 0 saturated heterocycles. The molecule has 0 fully saturated rings. The first-order chi connectivity index (χ1) is 13.1. The van der Waals surface area contributed by atoms with E-state index in [-0.39, 0.29) is 5.91 Å². The van der Waals surface area contributed by atoms with E-state index in [0.29, 0.717) is 13.0 Å². The topological polar surface area (TPSA) is 56.1 Å². The van der Waals surface area contributed by atoms with Crippen LogP contribution in [0.2, 0.25) is 0 Å². The molecule has 1 N–H and O–H groups in total. The fourth-order valence-electron chi connectivity index (χ4n) is 2.88. The highest BCUT2D eigenvalue weighted by Crippen LogP contribution is 2.19. The predicted octanol–water partition coefficient (Wildman–Crippen LogP) is 3.96. The minimum Gasteiger partial charge on any atom is -0.481 e. The molecule has 3 rings (SSSR count). The zero-order chi connectivity index (χ0) is 19.2. The van der Waals surface area contributed by atoms with E-state index >= 15 is 0 Å². The van der Waals surface area contributed by atoms with Gasteiger partial charge in [0.15, 0.2) is 6.10 Å². The van der Waals surface area contributed by atoms with E-state index < -0.39 is 6.10 Å². The van der Waals surface area contributed by atoms with Gasteiger partial charge < -0.3 is 14.6 Å². The molecule has 0 saturated carbocycles. The van der Waals surface area contributed by atoms with Crippen molar-refractivity contribution in [1.82, 2.24) is 14.9 Å². The maximum absolute atomic E-state index is 12.6. The third-order valence-corrected chi connectivity index (χ3v) is 4.65. The highest BCUT2D eigenvalue weighted by Gasteiger charge is 2.18. The van der Waals surface area contributed by atoms with Crippen molar-refractivity contribution < 1.29 is 9.53 Å². The molecule has 0 bridgehead atoms. The Kier molecular flexibility index (Phi) is 5.91. The van der Waals surface area contributed by atoms with Crippen LogP contribution in [0.15, 0.2) is 61.2 Å². The quantitative estimate of drug-likeness (QED) is 0.691. The van der Waals surface area contributed by atoms with E-state index in [2.05, 4.69) is 17.2 Å². The molecule has 1 aromatic heterocycles. The molecule has 1 heterocycles. The Labute approximate surface area is 160 Å². The van der Waals surface area contributed by atoms with Crippen molar-refractivity contribution in [1.29, 1.82) is 0 Å². The number of imidazole rings is 1. The predicted molar refractivity (Wildman–Crippen MR) is 106 cm³/mol. The van der Waals surface area contributed by atoms with Crippen molar-refractivity contribution in [2.75, 3.05) is 0 Å².